The minimum atomic E-state index is 0.234. The maximum absolute atomic E-state index is 4.13. The molecule has 0 fully saturated rings. The number of rotatable bonds is 3. The zero-order valence-electron chi connectivity index (χ0n) is 11.5. The van der Waals surface area contributed by atoms with Gasteiger partial charge in [0.25, 0.3) is 0 Å². The molecule has 1 N–H and O–H groups in total. The predicted molar refractivity (Wildman–Crippen MR) is 77.4 cm³/mol. The molecule has 3 nitrogen and oxygen atoms in total. The van der Waals surface area contributed by atoms with Gasteiger partial charge in [0.1, 0.15) is 0 Å². The maximum Gasteiger partial charge on any atom is 0.0634 e. The first kappa shape index (κ1) is 12.2. The summed E-state index contributed by atoms with van der Waals surface area (Å²) in [6.45, 7) is 5.60. The lowest BCUT2D eigenvalue weighted by Gasteiger charge is -2.17. The minimum absolute atomic E-state index is 0.234. The summed E-state index contributed by atoms with van der Waals surface area (Å²) in [7, 11) is 0. The van der Waals surface area contributed by atoms with E-state index in [9.17, 15) is 0 Å². The summed E-state index contributed by atoms with van der Waals surface area (Å²) in [5.74, 6) is 0. The molecule has 3 heteroatoms. The van der Waals surface area contributed by atoms with E-state index in [1.807, 2.05) is 12.1 Å². The van der Waals surface area contributed by atoms with E-state index >= 15 is 0 Å². The minimum Gasteiger partial charge on any atom is -0.384 e. The number of nitrogens with zero attached hydrogens (tertiary/aromatic N) is 2. The van der Waals surface area contributed by atoms with E-state index in [4.69, 9.17) is 0 Å². The van der Waals surface area contributed by atoms with Gasteiger partial charge in [-0.3, -0.25) is 0 Å². The lowest BCUT2D eigenvalue weighted by Crippen LogP contribution is -2.19. The van der Waals surface area contributed by atoms with Gasteiger partial charge in [-0.25, -0.2) is 0 Å². The molecule has 0 unspecified atom stereocenters. The van der Waals surface area contributed by atoms with Crippen molar-refractivity contribution in [2.45, 2.75) is 32.1 Å². The van der Waals surface area contributed by atoms with Gasteiger partial charge in [0.15, 0.2) is 0 Å². The Morgan fingerprint density at radius 1 is 1.21 bits per heavy atom. The molecule has 0 saturated heterocycles. The van der Waals surface area contributed by atoms with E-state index in [0.29, 0.717) is 0 Å². The van der Waals surface area contributed by atoms with Crippen molar-refractivity contribution in [1.82, 2.24) is 10.2 Å². The fraction of sp³-hybridized carbons (Fsp3) is 0.375. The van der Waals surface area contributed by atoms with Crippen LogP contribution in [-0.2, 0) is 18.3 Å². The highest BCUT2D eigenvalue weighted by Gasteiger charge is 2.29. The van der Waals surface area contributed by atoms with Crippen LogP contribution in [0.1, 0.15) is 30.7 Å². The normalized spacial score (nSPS) is 15.9. The Morgan fingerprint density at radius 2 is 2.11 bits per heavy atom. The lowest BCUT2D eigenvalue weighted by atomic mass is 9.85. The van der Waals surface area contributed by atoms with E-state index in [1.54, 1.807) is 6.20 Å². The number of benzene rings is 1. The molecule has 0 amide bonds. The molecule has 0 radical (unpaired) electrons. The predicted octanol–water partition coefficient (Wildman–Crippen LogP) is 2.96. The highest BCUT2D eigenvalue weighted by atomic mass is 15.1. The van der Waals surface area contributed by atoms with Crippen LogP contribution in [-0.4, -0.2) is 16.7 Å². The quantitative estimate of drug-likeness (QED) is 0.914. The van der Waals surface area contributed by atoms with E-state index in [2.05, 4.69) is 47.6 Å². The number of aryl methyl sites for hydroxylation is 2. The average molecular weight is 253 g/mol. The number of fused-ring (bicyclic) bond motifs is 1. The largest absolute Gasteiger partial charge is 0.384 e. The van der Waals surface area contributed by atoms with Crippen molar-refractivity contribution in [2.75, 3.05) is 11.9 Å². The van der Waals surface area contributed by atoms with Crippen LogP contribution in [0.5, 0.6) is 0 Å². The average Bonchev–Trinajstić information content (AvgIpc) is 2.73. The standard InChI is InChI=1S/C16H19N3/c1-16(2)11-17-15-8-6-12(10-14(15)16)5-7-13-4-3-9-18-19-13/h3-4,6,8-10,17H,5,7,11H2,1-2H3. The smallest absolute Gasteiger partial charge is 0.0634 e. The van der Waals surface area contributed by atoms with E-state index in [1.165, 1.54) is 16.8 Å². The number of hydrogen-bond donors (Lipinski definition) is 1. The van der Waals surface area contributed by atoms with Crippen molar-refractivity contribution < 1.29 is 0 Å². The van der Waals surface area contributed by atoms with Crippen LogP contribution in [0, 0.1) is 0 Å². The Kier molecular flexibility index (Phi) is 2.97. The van der Waals surface area contributed by atoms with Gasteiger partial charge < -0.3 is 5.32 Å². The van der Waals surface area contributed by atoms with Gasteiger partial charge in [0.2, 0.25) is 0 Å². The summed E-state index contributed by atoms with van der Waals surface area (Å²) >= 11 is 0. The molecule has 0 spiro atoms. The van der Waals surface area contributed by atoms with Crippen molar-refractivity contribution in [3.63, 3.8) is 0 Å². The first-order chi connectivity index (χ1) is 9.15. The number of anilines is 1. The van der Waals surface area contributed by atoms with Gasteiger partial charge in [-0.05, 0) is 42.2 Å². The Hall–Kier alpha value is -1.90. The van der Waals surface area contributed by atoms with Gasteiger partial charge in [0.05, 0.1) is 5.69 Å². The Labute approximate surface area is 114 Å². The summed E-state index contributed by atoms with van der Waals surface area (Å²) in [6, 6.07) is 10.7. The van der Waals surface area contributed by atoms with Crippen LogP contribution in [0.3, 0.4) is 0 Å². The maximum atomic E-state index is 4.13. The Morgan fingerprint density at radius 3 is 2.89 bits per heavy atom. The van der Waals surface area contributed by atoms with Crippen molar-refractivity contribution in [3.8, 4) is 0 Å². The first-order valence-electron chi connectivity index (χ1n) is 6.79. The van der Waals surface area contributed by atoms with Gasteiger partial charge in [-0.1, -0.05) is 26.0 Å². The molecule has 3 rings (SSSR count). The summed E-state index contributed by atoms with van der Waals surface area (Å²) in [5.41, 5.74) is 5.39. The van der Waals surface area contributed by atoms with Crippen molar-refractivity contribution >= 4 is 5.69 Å². The molecule has 0 bridgehead atoms. The summed E-state index contributed by atoms with van der Waals surface area (Å²) < 4.78 is 0. The van der Waals surface area contributed by atoms with Gasteiger partial charge in [0, 0.05) is 23.8 Å². The van der Waals surface area contributed by atoms with Gasteiger partial charge >= 0.3 is 0 Å². The van der Waals surface area contributed by atoms with E-state index < -0.39 is 0 Å². The SMILES string of the molecule is CC1(C)CNc2ccc(CCc3cccnn3)cc21. The molecule has 1 aromatic heterocycles. The molecular weight excluding hydrogens is 234 g/mol. The van der Waals surface area contributed by atoms with Crippen LogP contribution in [0.2, 0.25) is 0 Å². The number of hydrogen-bond acceptors (Lipinski definition) is 3. The monoisotopic (exact) mass is 253 g/mol. The summed E-state index contributed by atoms with van der Waals surface area (Å²) in [6.07, 6.45) is 3.68. The molecule has 2 aromatic rings. The van der Waals surface area contributed by atoms with Crippen LogP contribution in [0.25, 0.3) is 0 Å². The molecule has 0 aliphatic carbocycles. The molecule has 2 heterocycles. The lowest BCUT2D eigenvalue weighted by molar-refractivity contribution is 0.585. The fourth-order valence-corrected chi connectivity index (χ4v) is 2.61. The number of nitrogens with one attached hydrogen (secondary N) is 1. The van der Waals surface area contributed by atoms with Crippen molar-refractivity contribution in [1.29, 1.82) is 0 Å². The summed E-state index contributed by atoms with van der Waals surface area (Å²) in [4.78, 5) is 0. The third-order valence-corrected chi connectivity index (χ3v) is 3.83. The summed E-state index contributed by atoms with van der Waals surface area (Å²) in [5, 5.41) is 11.5. The zero-order valence-corrected chi connectivity index (χ0v) is 11.5. The molecule has 1 aromatic carbocycles. The van der Waals surface area contributed by atoms with Crippen LogP contribution in [0.4, 0.5) is 5.69 Å². The second kappa shape index (κ2) is 4.65. The third-order valence-electron chi connectivity index (χ3n) is 3.83. The molecule has 1 aliphatic heterocycles. The van der Waals surface area contributed by atoms with Crippen LogP contribution in [0.15, 0.2) is 36.5 Å². The van der Waals surface area contributed by atoms with Gasteiger partial charge in [-0.2, -0.15) is 10.2 Å². The first-order valence-corrected chi connectivity index (χ1v) is 6.79. The molecule has 1 aliphatic rings. The second-order valence-corrected chi connectivity index (χ2v) is 5.83. The molecule has 0 saturated carbocycles. The van der Waals surface area contributed by atoms with Crippen molar-refractivity contribution in [2.24, 2.45) is 0 Å². The van der Waals surface area contributed by atoms with Crippen LogP contribution < -0.4 is 5.32 Å². The third kappa shape index (κ3) is 2.46. The fourth-order valence-electron chi connectivity index (χ4n) is 2.61. The zero-order chi connectivity index (χ0) is 13.3. The molecule has 0 atom stereocenters. The van der Waals surface area contributed by atoms with Crippen molar-refractivity contribution in [3.05, 3.63) is 53.3 Å². The van der Waals surface area contributed by atoms with E-state index in [0.717, 1.165) is 25.1 Å². The highest BCUT2D eigenvalue weighted by molar-refractivity contribution is 5.60. The molecule has 19 heavy (non-hydrogen) atoms. The molecular formula is C16H19N3. The second-order valence-electron chi connectivity index (χ2n) is 5.83. The van der Waals surface area contributed by atoms with E-state index in [-0.39, 0.29) is 5.41 Å². The van der Waals surface area contributed by atoms with Gasteiger partial charge in [-0.15, -0.1) is 0 Å². The Bertz CT molecular complexity index is 576. The molecule has 98 valence electrons. The Balaban J connectivity index is 1.77. The highest BCUT2D eigenvalue weighted by Crippen LogP contribution is 2.36. The number of aromatic nitrogens is 2. The van der Waals surface area contributed by atoms with Crippen LogP contribution >= 0.6 is 0 Å². The topological polar surface area (TPSA) is 37.8 Å².